The molecule has 1 unspecified atom stereocenters. The van der Waals surface area contributed by atoms with Crippen LogP contribution < -0.4 is 11.5 Å². The highest BCUT2D eigenvalue weighted by Gasteiger charge is 2.26. The van der Waals surface area contributed by atoms with Crippen molar-refractivity contribution in [2.24, 2.45) is 21.7 Å². The van der Waals surface area contributed by atoms with E-state index in [2.05, 4.69) is 45.5 Å². The molecular weight excluding hydrogens is 262 g/mol. The molecule has 5 N–H and O–H groups in total. The second kappa shape index (κ2) is 5.44. The molecule has 1 aliphatic rings. The molecule has 108 valence electrons. The summed E-state index contributed by atoms with van der Waals surface area (Å²) < 4.78 is 0. The van der Waals surface area contributed by atoms with Crippen LogP contribution >= 0.6 is 0 Å². The van der Waals surface area contributed by atoms with Crippen LogP contribution in [0.5, 0.6) is 0 Å². The lowest BCUT2D eigenvalue weighted by atomic mass is 9.82. The summed E-state index contributed by atoms with van der Waals surface area (Å²) in [5.74, 6) is 0.378. The molecule has 1 aromatic carbocycles. The number of aryl methyl sites for hydroxylation is 1. The van der Waals surface area contributed by atoms with Crippen LogP contribution in [-0.2, 0) is 6.42 Å². The van der Waals surface area contributed by atoms with Gasteiger partial charge < -0.3 is 16.5 Å². The monoisotopic (exact) mass is 281 g/mol. The number of nitrogens with one attached hydrogen (secondary N) is 1. The molecule has 5 heteroatoms. The fraction of sp³-hybridized carbons (Fsp3) is 0.250. The Kier molecular flexibility index (Phi) is 3.48. The number of H-pyrrole nitrogens is 1. The van der Waals surface area contributed by atoms with Crippen LogP contribution in [0.3, 0.4) is 0 Å². The molecule has 0 saturated heterocycles. The zero-order valence-corrected chi connectivity index (χ0v) is 12.0. The van der Waals surface area contributed by atoms with Gasteiger partial charge in [-0.3, -0.25) is 0 Å². The van der Waals surface area contributed by atoms with Gasteiger partial charge in [0.05, 0.1) is 5.71 Å². The summed E-state index contributed by atoms with van der Waals surface area (Å²) >= 11 is 0. The van der Waals surface area contributed by atoms with Gasteiger partial charge in [-0.05, 0) is 37.3 Å². The quantitative estimate of drug-likeness (QED) is 0.446. The van der Waals surface area contributed by atoms with Gasteiger partial charge in [0.1, 0.15) is 0 Å². The lowest BCUT2D eigenvalue weighted by molar-refractivity contribution is 0.683. The third-order valence-corrected chi connectivity index (χ3v) is 3.79. The lowest BCUT2D eigenvalue weighted by Crippen LogP contribution is -2.23. The number of rotatable bonds is 2. The molecule has 0 spiro atoms. The van der Waals surface area contributed by atoms with Crippen molar-refractivity contribution in [1.29, 1.82) is 0 Å². The molecule has 1 heterocycles. The molecule has 0 saturated carbocycles. The van der Waals surface area contributed by atoms with Crippen LogP contribution in [-0.4, -0.2) is 16.7 Å². The first kappa shape index (κ1) is 13.4. The minimum Gasteiger partial charge on any atom is -0.369 e. The van der Waals surface area contributed by atoms with E-state index in [4.69, 9.17) is 11.5 Å². The molecule has 2 aromatic rings. The Morgan fingerprint density at radius 2 is 1.95 bits per heavy atom. The number of hydrogen-bond donors (Lipinski definition) is 3. The third kappa shape index (κ3) is 2.81. The highest BCUT2D eigenvalue weighted by atomic mass is 15.3. The predicted molar refractivity (Wildman–Crippen MR) is 85.4 cm³/mol. The van der Waals surface area contributed by atoms with E-state index < -0.39 is 0 Å². The van der Waals surface area contributed by atoms with E-state index in [9.17, 15) is 0 Å². The molecular formula is C16H19N5. The molecule has 0 radical (unpaired) electrons. The summed E-state index contributed by atoms with van der Waals surface area (Å²) in [6.07, 6.45) is 1.82. The van der Waals surface area contributed by atoms with Gasteiger partial charge in [0.15, 0.2) is 0 Å². The smallest absolute Gasteiger partial charge is 0.211 e. The van der Waals surface area contributed by atoms with Crippen LogP contribution in [0.4, 0.5) is 0 Å². The molecule has 0 bridgehead atoms. The maximum absolute atomic E-state index is 5.39. The zero-order valence-electron chi connectivity index (χ0n) is 12.0. The van der Waals surface area contributed by atoms with Crippen molar-refractivity contribution in [3.8, 4) is 0 Å². The molecule has 0 fully saturated rings. The van der Waals surface area contributed by atoms with Gasteiger partial charge in [-0.2, -0.15) is 5.10 Å². The fourth-order valence-electron chi connectivity index (χ4n) is 2.90. The SMILES string of the molecule is Cc1cc2c([nH]1)CC(c1ccccc1)CC2=NN=C(N)N. The Morgan fingerprint density at radius 3 is 2.67 bits per heavy atom. The Balaban J connectivity index is 2.00. The average molecular weight is 281 g/mol. The Morgan fingerprint density at radius 1 is 1.19 bits per heavy atom. The van der Waals surface area contributed by atoms with Gasteiger partial charge in [-0.15, -0.1) is 5.10 Å². The first-order chi connectivity index (χ1) is 10.1. The van der Waals surface area contributed by atoms with E-state index in [0.717, 1.165) is 29.8 Å². The second-order valence-corrected chi connectivity index (χ2v) is 5.43. The van der Waals surface area contributed by atoms with Crippen LogP contribution in [0.15, 0.2) is 46.6 Å². The maximum Gasteiger partial charge on any atom is 0.211 e. The van der Waals surface area contributed by atoms with Crippen molar-refractivity contribution in [2.45, 2.75) is 25.7 Å². The molecule has 1 aromatic heterocycles. The van der Waals surface area contributed by atoms with Crippen molar-refractivity contribution in [3.05, 3.63) is 58.9 Å². The predicted octanol–water partition coefficient (Wildman–Crippen LogP) is 2.03. The van der Waals surface area contributed by atoms with Gasteiger partial charge in [0, 0.05) is 17.0 Å². The van der Waals surface area contributed by atoms with Crippen LogP contribution in [0.25, 0.3) is 0 Å². The van der Waals surface area contributed by atoms with Gasteiger partial charge in [-0.1, -0.05) is 30.3 Å². The van der Waals surface area contributed by atoms with E-state index >= 15 is 0 Å². The average Bonchev–Trinajstić information content (AvgIpc) is 2.85. The molecule has 1 aliphatic carbocycles. The number of guanidine groups is 1. The van der Waals surface area contributed by atoms with Crippen molar-refractivity contribution >= 4 is 11.7 Å². The fourth-order valence-corrected chi connectivity index (χ4v) is 2.90. The van der Waals surface area contributed by atoms with E-state index in [1.54, 1.807) is 0 Å². The number of nitrogens with two attached hydrogens (primary N) is 2. The number of aromatic nitrogens is 1. The summed E-state index contributed by atoms with van der Waals surface area (Å²) in [6.45, 7) is 2.05. The number of fused-ring (bicyclic) bond motifs is 1. The Labute approximate surface area is 123 Å². The Bertz CT molecular complexity index is 693. The molecule has 21 heavy (non-hydrogen) atoms. The van der Waals surface area contributed by atoms with Gasteiger partial charge in [-0.25, -0.2) is 0 Å². The number of hydrogen-bond acceptors (Lipinski definition) is 2. The summed E-state index contributed by atoms with van der Waals surface area (Å²) in [5, 5.41) is 8.08. The van der Waals surface area contributed by atoms with Gasteiger partial charge >= 0.3 is 0 Å². The normalized spacial score (nSPS) is 19.3. The molecule has 1 atom stereocenters. The van der Waals surface area contributed by atoms with E-state index in [0.29, 0.717) is 5.92 Å². The Hall–Kier alpha value is -2.56. The van der Waals surface area contributed by atoms with Crippen molar-refractivity contribution in [1.82, 2.24) is 4.98 Å². The molecule has 3 rings (SSSR count). The van der Waals surface area contributed by atoms with Crippen LogP contribution in [0, 0.1) is 6.92 Å². The molecule has 0 amide bonds. The third-order valence-electron chi connectivity index (χ3n) is 3.79. The summed E-state index contributed by atoms with van der Waals surface area (Å²) in [5.41, 5.74) is 16.5. The van der Waals surface area contributed by atoms with Crippen LogP contribution in [0.1, 0.15) is 34.9 Å². The lowest BCUT2D eigenvalue weighted by Gasteiger charge is -2.23. The zero-order chi connectivity index (χ0) is 14.8. The summed E-state index contributed by atoms with van der Waals surface area (Å²) in [6, 6.07) is 12.6. The van der Waals surface area contributed by atoms with Crippen molar-refractivity contribution in [2.75, 3.05) is 0 Å². The number of nitrogens with zero attached hydrogens (tertiary/aromatic N) is 2. The number of aromatic amines is 1. The number of benzene rings is 1. The molecule has 5 nitrogen and oxygen atoms in total. The summed E-state index contributed by atoms with van der Waals surface area (Å²) in [4.78, 5) is 3.42. The van der Waals surface area contributed by atoms with Crippen molar-refractivity contribution in [3.63, 3.8) is 0 Å². The molecule has 0 aliphatic heterocycles. The van der Waals surface area contributed by atoms with Crippen molar-refractivity contribution < 1.29 is 0 Å². The van der Waals surface area contributed by atoms with Gasteiger partial charge in [0.2, 0.25) is 5.96 Å². The van der Waals surface area contributed by atoms with E-state index in [-0.39, 0.29) is 5.96 Å². The first-order valence-corrected chi connectivity index (χ1v) is 7.02. The first-order valence-electron chi connectivity index (χ1n) is 7.02. The van der Waals surface area contributed by atoms with Crippen LogP contribution in [0.2, 0.25) is 0 Å². The highest BCUT2D eigenvalue weighted by molar-refractivity contribution is 6.03. The minimum absolute atomic E-state index is 0.0156. The topological polar surface area (TPSA) is 92.5 Å². The highest BCUT2D eigenvalue weighted by Crippen LogP contribution is 2.33. The standard InChI is InChI=1S/C16H19N5/c1-10-7-13-14(19-10)8-12(11-5-3-2-4-6-11)9-15(13)20-21-16(17)18/h2-7,12,19H,8-9H2,1H3,(H4,17,18,21). The summed E-state index contributed by atoms with van der Waals surface area (Å²) in [7, 11) is 0. The van der Waals surface area contributed by atoms with E-state index in [1.807, 2.05) is 13.0 Å². The van der Waals surface area contributed by atoms with E-state index in [1.165, 1.54) is 11.3 Å². The second-order valence-electron chi connectivity index (χ2n) is 5.43. The minimum atomic E-state index is -0.0156. The largest absolute Gasteiger partial charge is 0.369 e. The maximum atomic E-state index is 5.39. The van der Waals surface area contributed by atoms with Gasteiger partial charge in [0.25, 0.3) is 0 Å².